The van der Waals surface area contributed by atoms with E-state index >= 15 is 0 Å². The van der Waals surface area contributed by atoms with Crippen LogP contribution in [-0.2, 0) is 17.9 Å². The SMILES string of the molecule is CC(=O)Nc1ccc(C(=O)NCc2ccc(C3CCN(Cc4ccc(N(C)C)cc4)CC3)cc2)cc1. The fourth-order valence-corrected chi connectivity index (χ4v) is 4.68. The molecule has 6 heteroatoms. The molecule has 4 rings (SSSR count). The lowest BCUT2D eigenvalue weighted by atomic mass is 9.89. The van der Waals surface area contributed by atoms with Crippen LogP contribution in [0.25, 0.3) is 0 Å². The molecule has 1 fully saturated rings. The largest absolute Gasteiger partial charge is 0.378 e. The van der Waals surface area contributed by atoms with Gasteiger partial charge in [-0.05, 0) is 84.9 Å². The number of rotatable bonds is 8. The van der Waals surface area contributed by atoms with E-state index in [1.54, 1.807) is 24.3 Å². The van der Waals surface area contributed by atoms with E-state index in [1.807, 2.05) is 0 Å². The molecule has 0 bridgehead atoms. The molecule has 2 N–H and O–H groups in total. The average molecular weight is 485 g/mol. The highest BCUT2D eigenvalue weighted by Gasteiger charge is 2.20. The molecule has 0 spiro atoms. The van der Waals surface area contributed by atoms with Crippen molar-refractivity contribution in [2.24, 2.45) is 0 Å². The van der Waals surface area contributed by atoms with Gasteiger partial charge in [0.1, 0.15) is 0 Å². The second-order valence-electron chi connectivity index (χ2n) is 9.79. The smallest absolute Gasteiger partial charge is 0.251 e. The van der Waals surface area contributed by atoms with Gasteiger partial charge >= 0.3 is 0 Å². The summed E-state index contributed by atoms with van der Waals surface area (Å²) in [6, 6.07) is 24.4. The number of nitrogens with one attached hydrogen (secondary N) is 2. The minimum absolute atomic E-state index is 0.128. The van der Waals surface area contributed by atoms with Crippen LogP contribution in [0.2, 0.25) is 0 Å². The van der Waals surface area contributed by atoms with Crippen LogP contribution in [0.5, 0.6) is 0 Å². The van der Waals surface area contributed by atoms with Crippen molar-refractivity contribution >= 4 is 23.2 Å². The first-order chi connectivity index (χ1) is 17.4. The molecule has 3 aromatic rings. The molecule has 0 saturated carbocycles. The Morgan fingerprint density at radius 3 is 2.06 bits per heavy atom. The van der Waals surface area contributed by atoms with Gasteiger partial charge in [0.05, 0.1) is 0 Å². The highest BCUT2D eigenvalue weighted by molar-refractivity contribution is 5.95. The molecule has 0 aromatic heterocycles. The molecule has 0 unspecified atom stereocenters. The zero-order chi connectivity index (χ0) is 25.5. The molecule has 0 aliphatic carbocycles. The monoisotopic (exact) mass is 484 g/mol. The van der Waals surface area contributed by atoms with Gasteiger partial charge in [-0.2, -0.15) is 0 Å². The fraction of sp³-hybridized carbons (Fsp3) is 0.333. The Bertz CT molecular complexity index is 1150. The summed E-state index contributed by atoms with van der Waals surface area (Å²) >= 11 is 0. The maximum Gasteiger partial charge on any atom is 0.251 e. The summed E-state index contributed by atoms with van der Waals surface area (Å²) in [5.41, 5.74) is 6.32. The molecule has 1 saturated heterocycles. The van der Waals surface area contributed by atoms with Crippen LogP contribution in [0, 0.1) is 0 Å². The van der Waals surface area contributed by atoms with Crippen molar-refractivity contribution in [3.63, 3.8) is 0 Å². The molecular formula is C30H36N4O2. The minimum atomic E-state index is -0.132. The number of nitrogens with zero attached hydrogens (tertiary/aromatic N) is 2. The summed E-state index contributed by atoms with van der Waals surface area (Å²) < 4.78 is 0. The number of likely N-dealkylation sites (tertiary alicyclic amines) is 1. The Morgan fingerprint density at radius 2 is 1.47 bits per heavy atom. The minimum Gasteiger partial charge on any atom is -0.378 e. The predicted octanol–water partition coefficient (Wildman–Crippen LogP) is 5.02. The topological polar surface area (TPSA) is 64.7 Å². The van der Waals surface area contributed by atoms with Gasteiger partial charge in [0.15, 0.2) is 0 Å². The first-order valence-corrected chi connectivity index (χ1v) is 12.6. The third-order valence-electron chi connectivity index (χ3n) is 6.82. The Morgan fingerprint density at radius 1 is 0.861 bits per heavy atom. The van der Waals surface area contributed by atoms with Gasteiger partial charge in [0.2, 0.25) is 5.91 Å². The van der Waals surface area contributed by atoms with Crippen LogP contribution >= 0.6 is 0 Å². The lowest BCUT2D eigenvalue weighted by Crippen LogP contribution is -2.32. The van der Waals surface area contributed by atoms with Gasteiger partial charge < -0.3 is 15.5 Å². The summed E-state index contributed by atoms with van der Waals surface area (Å²) in [7, 11) is 4.14. The van der Waals surface area contributed by atoms with Crippen molar-refractivity contribution in [2.75, 3.05) is 37.4 Å². The second-order valence-corrected chi connectivity index (χ2v) is 9.79. The number of piperidine rings is 1. The Balaban J connectivity index is 1.23. The third-order valence-corrected chi connectivity index (χ3v) is 6.82. The van der Waals surface area contributed by atoms with Crippen LogP contribution in [0.3, 0.4) is 0 Å². The summed E-state index contributed by atoms with van der Waals surface area (Å²) in [4.78, 5) is 28.3. The molecular weight excluding hydrogens is 448 g/mol. The van der Waals surface area contributed by atoms with Crippen LogP contribution in [-0.4, -0.2) is 43.9 Å². The molecule has 188 valence electrons. The lowest BCUT2D eigenvalue weighted by Gasteiger charge is -2.32. The Hall–Kier alpha value is -3.64. The molecule has 0 atom stereocenters. The number of anilines is 2. The Kier molecular flexibility index (Phi) is 8.39. The molecule has 0 radical (unpaired) electrons. The number of hydrogen-bond donors (Lipinski definition) is 2. The van der Waals surface area contributed by atoms with E-state index < -0.39 is 0 Å². The zero-order valence-corrected chi connectivity index (χ0v) is 21.5. The predicted molar refractivity (Wildman–Crippen MR) is 146 cm³/mol. The summed E-state index contributed by atoms with van der Waals surface area (Å²) in [6.45, 7) is 5.17. The van der Waals surface area contributed by atoms with Gasteiger partial charge in [-0.1, -0.05) is 36.4 Å². The van der Waals surface area contributed by atoms with Gasteiger partial charge in [-0.15, -0.1) is 0 Å². The highest BCUT2D eigenvalue weighted by atomic mass is 16.2. The maximum atomic E-state index is 12.5. The van der Waals surface area contributed by atoms with Crippen LogP contribution in [0.4, 0.5) is 11.4 Å². The van der Waals surface area contributed by atoms with Crippen molar-refractivity contribution in [3.8, 4) is 0 Å². The van der Waals surface area contributed by atoms with Crippen molar-refractivity contribution in [1.29, 1.82) is 0 Å². The Labute approximate surface area is 214 Å². The normalized spacial score (nSPS) is 14.3. The molecule has 36 heavy (non-hydrogen) atoms. The van der Waals surface area contributed by atoms with E-state index in [2.05, 4.69) is 83.1 Å². The standard InChI is InChI=1S/C30H36N4O2/c1-22(35)32-28-12-10-27(11-13-28)30(36)31-20-23-4-8-25(9-5-23)26-16-18-34(19-17-26)21-24-6-14-29(15-7-24)33(2)3/h4-15,26H,16-21H2,1-3H3,(H,31,36)(H,32,35). The number of hydrogen-bond acceptors (Lipinski definition) is 4. The van der Waals surface area contributed by atoms with Gasteiger partial charge in [-0.25, -0.2) is 0 Å². The number of amides is 2. The van der Waals surface area contributed by atoms with Crippen LogP contribution in [0.1, 0.15) is 52.7 Å². The molecule has 6 nitrogen and oxygen atoms in total. The van der Waals surface area contributed by atoms with Crippen molar-refractivity contribution in [3.05, 3.63) is 95.1 Å². The maximum absolute atomic E-state index is 12.5. The quantitative estimate of drug-likeness (QED) is 0.471. The molecule has 1 heterocycles. The van der Waals surface area contributed by atoms with Crippen LogP contribution in [0.15, 0.2) is 72.8 Å². The fourth-order valence-electron chi connectivity index (χ4n) is 4.68. The molecule has 2 amide bonds. The number of benzene rings is 3. The van der Waals surface area contributed by atoms with Gasteiger partial charge in [0.25, 0.3) is 5.91 Å². The van der Waals surface area contributed by atoms with E-state index in [4.69, 9.17) is 0 Å². The van der Waals surface area contributed by atoms with Gasteiger partial charge in [0, 0.05) is 51.0 Å². The van der Waals surface area contributed by atoms with E-state index in [0.717, 1.165) is 25.2 Å². The van der Waals surface area contributed by atoms with E-state index in [1.165, 1.54) is 36.6 Å². The second kappa shape index (κ2) is 11.9. The van der Waals surface area contributed by atoms with Crippen molar-refractivity contribution in [1.82, 2.24) is 10.2 Å². The first-order valence-electron chi connectivity index (χ1n) is 12.6. The lowest BCUT2D eigenvalue weighted by molar-refractivity contribution is -0.114. The molecule has 3 aromatic carbocycles. The highest BCUT2D eigenvalue weighted by Crippen LogP contribution is 2.29. The summed E-state index contributed by atoms with van der Waals surface area (Å²) in [5, 5.41) is 5.68. The van der Waals surface area contributed by atoms with Crippen molar-refractivity contribution < 1.29 is 9.59 Å². The average Bonchev–Trinajstić information content (AvgIpc) is 2.88. The number of carbonyl (C=O) groups is 2. The van der Waals surface area contributed by atoms with E-state index in [0.29, 0.717) is 23.7 Å². The van der Waals surface area contributed by atoms with E-state index in [9.17, 15) is 9.59 Å². The van der Waals surface area contributed by atoms with Crippen LogP contribution < -0.4 is 15.5 Å². The number of carbonyl (C=O) groups excluding carboxylic acids is 2. The van der Waals surface area contributed by atoms with Gasteiger partial charge in [-0.3, -0.25) is 14.5 Å². The third kappa shape index (κ3) is 6.95. The van der Waals surface area contributed by atoms with Crippen molar-refractivity contribution in [2.45, 2.75) is 38.8 Å². The van der Waals surface area contributed by atoms with E-state index in [-0.39, 0.29) is 11.8 Å². The first kappa shape index (κ1) is 25.5. The summed E-state index contributed by atoms with van der Waals surface area (Å²) in [5.74, 6) is 0.326. The zero-order valence-electron chi connectivity index (χ0n) is 21.5. The summed E-state index contributed by atoms with van der Waals surface area (Å²) in [6.07, 6.45) is 2.33. The molecule has 1 aliphatic rings. The molecule has 1 aliphatic heterocycles.